The van der Waals surface area contributed by atoms with Gasteiger partial charge in [0.05, 0.1) is 12.3 Å². The Hall–Kier alpha value is -3.25. The number of amides is 1. The highest BCUT2D eigenvalue weighted by Crippen LogP contribution is 2.29. The zero-order valence-electron chi connectivity index (χ0n) is 16.2. The number of anilines is 1. The minimum Gasteiger partial charge on any atom is -0.494 e. The molecule has 4 nitrogen and oxygen atoms in total. The number of hydrogen-bond donors (Lipinski definition) is 0. The van der Waals surface area contributed by atoms with Gasteiger partial charge in [0.1, 0.15) is 23.1 Å². The summed E-state index contributed by atoms with van der Waals surface area (Å²) >= 11 is 3.43. The van der Waals surface area contributed by atoms with E-state index >= 15 is 0 Å². The van der Waals surface area contributed by atoms with E-state index in [1.54, 1.807) is 23.1 Å². The maximum absolute atomic E-state index is 13.3. The molecular weight excluding hydrogens is 447 g/mol. The number of halogens is 2. The molecule has 0 radical (unpaired) electrons. The molecule has 0 fully saturated rings. The zero-order valence-corrected chi connectivity index (χ0v) is 17.8. The van der Waals surface area contributed by atoms with E-state index in [9.17, 15) is 9.18 Å². The maximum atomic E-state index is 13.3. The summed E-state index contributed by atoms with van der Waals surface area (Å²) in [6.45, 7) is 2.49. The Balaban J connectivity index is 1.76. The molecule has 0 atom stereocenters. The smallest absolute Gasteiger partial charge is 0.282 e. The van der Waals surface area contributed by atoms with Gasteiger partial charge in [0.25, 0.3) is 5.91 Å². The van der Waals surface area contributed by atoms with E-state index in [0.717, 1.165) is 15.8 Å². The van der Waals surface area contributed by atoms with Crippen LogP contribution >= 0.6 is 15.9 Å². The third-order valence-electron chi connectivity index (χ3n) is 4.54. The Morgan fingerprint density at radius 2 is 1.67 bits per heavy atom. The first-order chi connectivity index (χ1) is 14.5. The van der Waals surface area contributed by atoms with E-state index in [1.807, 2.05) is 55.5 Å². The molecule has 30 heavy (non-hydrogen) atoms. The Kier molecular flexibility index (Phi) is 5.77. The van der Waals surface area contributed by atoms with Crippen LogP contribution in [0, 0.1) is 5.82 Å². The molecule has 150 valence electrons. The van der Waals surface area contributed by atoms with E-state index in [2.05, 4.69) is 20.9 Å². The van der Waals surface area contributed by atoms with Crippen molar-refractivity contribution in [3.8, 4) is 5.75 Å². The predicted octanol–water partition coefficient (Wildman–Crippen LogP) is 5.82. The molecular formula is C24H18BrFN2O2. The van der Waals surface area contributed by atoms with Gasteiger partial charge in [-0.05, 0) is 67.1 Å². The van der Waals surface area contributed by atoms with Gasteiger partial charge >= 0.3 is 0 Å². The number of benzene rings is 3. The second kappa shape index (κ2) is 8.63. The Bertz CT molecular complexity index is 1120. The van der Waals surface area contributed by atoms with Crippen LogP contribution in [-0.2, 0) is 4.79 Å². The van der Waals surface area contributed by atoms with Crippen LogP contribution in [-0.4, -0.2) is 18.3 Å². The van der Waals surface area contributed by atoms with Crippen molar-refractivity contribution in [2.24, 2.45) is 4.99 Å². The molecule has 0 N–H and O–H groups in total. The molecule has 0 saturated carbocycles. The summed E-state index contributed by atoms with van der Waals surface area (Å²) in [5, 5.41) is 0. The minimum absolute atomic E-state index is 0.249. The van der Waals surface area contributed by atoms with Crippen LogP contribution in [0.3, 0.4) is 0 Å². The fourth-order valence-corrected chi connectivity index (χ4v) is 3.39. The summed E-state index contributed by atoms with van der Waals surface area (Å²) in [7, 11) is 0. The van der Waals surface area contributed by atoms with Gasteiger partial charge in [-0.2, -0.15) is 0 Å². The van der Waals surface area contributed by atoms with E-state index in [0.29, 0.717) is 23.7 Å². The fourth-order valence-electron chi connectivity index (χ4n) is 3.12. The SMILES string of the molecule is CCOc1ccc(N2C(=O)/C(=C\c3ccc(F)cc3)N=C2c2ccc(Br)cc2)cc1. The van der Waals surface area contributed by atoms with Gasteiger partial charge in [0, 0.05) is 10.0 Å². The van der Waals surface area contributed by atoms with Gasteiger partial charge in [0.2, 0.25) is 0 Å². The van der Waals surface area contributed by atoms with E-state index in [-0.39, 0.29) is 17.4 Å². The molecule has 1 aliphatic heterocycles. The second-order valence-corrected chi connectivity index (χ2v) is 7.51. The molecule has 3 aromatic rings. The van der Waals surface area contributed by atoms with E-state index < -0.39 is 0 Å². The molecule has 1 heterocycles. The molecule has 0 unspecified atom stereocenters. The molecule has 0 bridgehead atoms. The highest BCUT2D eigenvalue weighted by atomic mass is 79.9. The molecule has 0 aliphatic carbocycles. The number of nitrogens with zero attached hydrogens (tertiary/aromatic N) is 2. The topological polar surface area (TPSA) is 41.9 Å². The maximum Gasteiger partial charge on any atom is 0.282 e. The number of hydrogen-bond acceptors (Lipinski definition) is 3. The number of amidine groups is 1. The quantitative estimate of drug-likeness (QED) is 0.446. The zero-order chi connectivity index (χ0) is 21.1. The molecule has 1 amide bonds. The molecule has 6 heteroatoms. The average Bonchev–Trinajstić information content (AvgIpc) is 3.07. The van der Waals surface area contributed by atoms with Crippen LogP contribution in [0.25, 0.3) is 6.08 Å². The van der Waals surface area contributed by atoms with Gasteiger partial charge in [-0.25, -0.2) is 9.38 Å². The van der Waals surface area contributed by atoms with E-state index in [4.69, 9.17) is 4.74 Å². The number of aliphatic imine (C=N–C) groups is 1. The normalized spacial score (nSPS) is 14.9. The van der Waals surface area contributed by atoms with Crippen LogP contribution in [0.5, 0.6) is 5.75 Å². The van der Waals surface area contributed by atoms with Gasteiger partial charge in [-0.1, -0.05) is 40.2 Å². The molecule has 0 saturated heterocycles. The van der Waals surface area contributed by atoms with Crippen molar-refractivity contribution in [3.63, 3.8) is 0 Å². The predicted molar refractivity (Wildman–Crippen MR) is 120 cm³/mol. The van der Waals surface area contributed by atoms with Crippen LogP contribution in [0.15, 0.2) is 88.0 Å². The molecule has 0 aromatic heterocycles. The van der Waals surface area contributed by atoms with Crippen molar-refractivity contribution >= 4 is 39.4 Å². The lowest BCUT2D eigenvalue weighted by Gasteiger charge is -2.19. The average molecular weight is 465 g/mol. The van der Waals surface area contributed by atoms with Crippen molar-refractivity contribution in [3.05, 3.63) is 99.9 Å². The van der Waals surface area contributed by atoms with Crippen molar-refractivity contribution in [1.29, 1.82) is 0 Å². The summed E-state index contributed by atoms with van der Waals surface area (Å²) < 4.78 is 19.7. The third kappa shape index (κ3) is 4.19. The Labute approximate surface area is 182 Å². The number of carbonyl (C=O) groups is 1. The lowest BCUT2D eigenvalue weighted by molar-refractivity contribution is -0.113. The number of ether oxygens (including phenoxy) is 1. The highest BCUT2D eigenvalue weighted by molar-refractivity contribution is 9.10. The van der Waals surface area contributed by atoms with Crippen LogP contribution in [0.2, 0.25) is 0 Å². The highest BCUT2D eigenvalue weighted by Gasteiger charge is 2.32. The van der Waals surface area contributed by atoms with Crippen LogP contribution < -0.4 is 9.64 Å². The van der Waals surface area contributed by atoms with E-state index in [1.165, 1.54) is 12.1 Å². The first kappa shape index (κ1) is 20.0. The first-order valence-electron chi connectivity index (χ1n) is 9.44. The lowest BCUT2D eigenvalue weighted by atomic mass is 10.1. The Morgan fingerprint density at radius 3 is 2.30 bits per heavy atom. The van der Waals surface area contributed by atoms with Gasteiger partial charge in [-0.15, -0.1) is 0 Å². The van der Waals surface area contributed by atoms with Crippen molar-refractivity contribution < 1.29 is 13.9 Å². The standard InChI is InChI=1S/C24H18BrFN2O2/c1-2-30-21-13-11-20(12-14-21)28-23(17-5-7-18(25)8-6-17)27-22(24(28)29)15-16-3-9-19(26)10-4-16/h3-15H,2H2,1H3/b22-15+. The summed E-state index contributed by atoms with van der Waals surface area (Å²) in [6, 6.07) is 20.9. The second-order valence-electron chi connectivity index (χ2n) is 6.59. The molecule has 0 spiro atoms. The molecule has 3 aromatic carbocycles. The summed E-state index contributed by atoms with van der Waals surface area (Å²) in [5.41, 5.74) is 2.48. The summed E-state index contributed by atoms with van der Waals surface area (Å²) in [4.78, 5) is 19.5. The monoisotopic (exact) mass is 464 g/mol. The summed E-state index contributed by atoms with van der Waals surface area (Å²) in [5.74, 6) is 0.688. The first-order valence-corrected chi connectivity index (χ1v) is 10.2. The number of carbonyl (C=O) groups excluding carboxylic acids is 1. The molecule has 4 rings (SSSR count). The lowest BCUT2D eigenvalue weighted by Crippen LogP contribution is -2.32. The van der Waals surface area contributed by atoms with Crippen molar-refractivity contribution in [1.82, 2.24) is 0 Å². The van der Waals surface area contributed by atoms with Gasteiger partial charge in [-0.3, -0.25) is 9.69 Å². The third-order valence-corrected chi connectivity index (χ3v) is 5.07. The number of rotatable bonds is 5. The molecule has 1 aliphatic rings. The van der Waals surface area contributed by atoms with Crippen molar-refractivity contribution in [2.75, 3.05) is 11.5 Å². The minimum atomic E-state index is -0.329. The van der Waals surface area contributed by atoms with Crippen LogP contribution in [0.1, 0.15) is 18.1 Å². The largest absolute Gasteiger partial charge is 0.494 e. The van der Waals surface area contributed by atoms with Gasteiger partial charge < -0.3 is 4.74 Å². The van der Waals surface area contributed by atoms with Gasteiger partial charge in [0.15, 0.2) is 0 Å². The van der Waals surface area contributed by atoms with Crippen LogP contribution in [0.4, 0.5) is 10.1 Å². The van der Waals surface area contributed by atoms with Crippen molar-refractivity contribution in [2.45, 2.75) is 6.92 Å². The Morgan fingerprint density at radius 1 is 1.00 bits per heavy atom. The summed E-state index contributed by atoms with van der Waals surface area (Å²) in [6.07, 6.45) is 1.66. The fraction of sp³-hybridized carbons (Fsp3) is 0.0833.